The van der Waals surface area contributed by atoms with Gasteiger partial charge in [-0.05, 0) is 37.0 Å². The average molecular weight is 329 g/mol. The summed E-state index contributed by atoms with van der Waals surface area (Å²) in [5.74, 6) is 0.0904. The second-order valence-corrected chi connectivity index (χ2v) is 7.78. The molecule has 3 rings (SSSR count). The zero-order valence-corrected chi connectivity index (χ0v) is 13.8. The van der Waals surface area contributed by atoms with Crippen molar-refractivity contribution in [2.45, 2.75) is 24.2 Å². The second kappa shape index (κ2) is 6.26. The van der Waals surface area contributed by atoms with Crippen molar-refractivity contribution in [3.63, 3.8) is 0 Å². The third kappa shape index (κ3) is 3.21. The zero-order valence-electron chi connectivity index (χ0n) is 13.0. The molecule has 1 aliphatic heterocycles. The summed E-state index contributed by atoms with van der Waals surface area (Å²) in [7, 11) is -3.55. The molecule has 1 fully saturated rings. The van der Waals surface area contributed by atoms with Crippen molar-refractivity contribution < 1.29 is 13.2 Å². The van der Waals surface area contributed by atoms with Gasteiger partial charge in [-0.25, -0.2) is 8.42 Å². The largest absolute Gasteiger partial charge is 0.295 e. The molecular formula is C18H19NO3S. The van der Waals surface area contributed by atoms with Crippen molar-refractivity contribution in [3.8, 4) is 0 Å². The van der Waals surface area contributed by atoms with E-state index in [2.05, 4.69) is 0 Å². The van der Waals surface area contributed by atoms with Crippen LogP contribution in [-0.2, 0) is 10.0 Å². The molecule has 0 amide bonds. The summed E-state index contributed by atoms with van der Waals surface area (Å²) in [6.45, 7) is 2.43. The normalized spacial score (nSPS) is 18.9. The van der Waals surface area contributed by atoms with Crippen LogP contribution in [0.4, 0.5) is 0 Å². The number of hydrogen-bond donors (Lipinski definition) is 0. The molecule has 1 heterocycles. The number of carbonyl (C=O) groups is 1. The maximum absolute atomic E-state index is 12.8. The number of rotatable bonds is 4. The van der Waals surface area contributed by atoms with E-state index >= 15 is 0 Å². The Kier molecular flexibility index (Phi) is 4.33. The van der Waals surface area contributed by atoms with Crippen molar-refractivity contribution in [2.24, 2.45) is 0 Å². The van der Waals surface area contributed by atoms with Crippen LogP contribution in [0.15, 0.2) is 59.5 Å². The van der Waals surface area contributed by atoms with Crippen LogP contribution < -0.4 is 0 Å². The predicted octanol–water partition coefficient (Wildman–Crippen LogP) is 3.07. The molecular weight excluding hydrogens is 310 g/mol. The van der Waals surface area contributed by atoms with Crippen molar-refractivity contribution in [2.75, 3.05) is 13.1 Å². The summed E-state index contributed by atoms with van der Waals surface area (Å²) in [6.07, 6.45) is 0.815. The Bertz CT molecular complexity index is 815. The molecule has 2 aromatic rings. The van der Waals surface area contributed by atoms with E-state index in [1.165, 1.54) is 22.9 Å². The molecule has 23 heavy (non-hydrogen) atoms. The van der Waals surface area contributed by atoms with Crippen LogP contribution in [0.25, 0.3) is 0 Å². The quantitative estimate of drug-likeness (QED) is 0.810. The number of Topliss-reactive ketones (excluding diaryl/α,β-unsaturated/α-hetero) is 1. The number of carbonyl (C=O) groups excluding carboxylic acids is 1. The van der Waals surface area contributed by atoms with Crippen molar-refractivity contribution in [3.05, 3.63) is 65.7 Å². The molecule has 1 unspecified atom stereocenters. The fraction of sp³-hybridized carbons (Fsp3) is 0.278. The Morgan fingerprint density at radius 3 is 2.52 bits per heavy atom. The fourth-order valence-corrected chi connectivity index (χ4v) is 4.51. The van der Waals surface area contributed by atoms with Gasteiger partial charge in [-0.2, -0.15) is 4.31 Å². The summed E-state index contributed by atoms with van der Waals surface area (Å²) in [5.41, 5.74) is 1.59. The zero-order chi connectivity index (χ0) is 16.4. The van der Waals surface area contributed by atoms with Crippen LogP contribution in [-0.4, -0.2) is 31.6 Å². The lowest BCUT2D eigenvalue weighted by atomic mass is 9.99. The molecule has 0 bridgehead atoms. The van der Waals surface area contributed by atoms with Crippen molar-refractivity contribution in [1.29, 1.82) is 0 Å². The SMILES string of the molecule is CC(=O)c1cccc(S(=O)(=O)N2CCC(c3ccccc3)C2)c1. The lowest BCUT2D eigenvalue weighted by Crippen LogP contribution is -2.28. The van der Waals surface area contributed by atoms with E-state index < -0.39 is 10.0 Å². The highest BCUT2D eigenvalue weighted by molar-refractivity contribution is 7.89. The first kappa shape index (κ1) is 15.9. The summed E-state index contributed by atoms with van der Waals surface area (Å²) < 4.78 is 27.1. The molecule has 4 nitrogen and oxygen atoms in total. The number of sulfonamides is 1. The first-order chi connectivity index (χ1) is 11.0. The lowest BCUT2D eigenvalue weighted by molar-refractivity contribution is 0.101. The van der Waals surface area contributed by atoms with Crippen LogP contribution in [0, 0.1) is 0 Å². The minimum atomic E-state index is -3.55. The molecule has 0 radical (unpaired) electrons. The molecule has 1 atom stereocenters. The van der Waals surface area contributed by atoms with Gasteiger partial charge < -0.3 is 0 Å². The monoisotopic (exact) mass is 329 g/mol. The Morgan fingerprint density at radius 1 is 1.09 bits per heavy atom. The van der Waals surface area contributed by atoms with Gasteiger partial charge in [0, 0.05) is 18.7 Å². The highest BCUT2D eigenvalue weighted by atomic mass is 32.2. The Hall–Kier alpha value is -1.98. The lowest BCUT2D eigenvalue weighted by Gasteiger charge is -2.17. The first-order valence-corrected chi connectivity index (χ1v) is 9.08. The molecule has 1 aliphatic rings. The van der Waals surface area contributed by atoms with Crippen molar-refractivity contribution in [1.82, 2.24) is 4.31 Å². The van der Waals surface area contributed by atoms with E-state index in [4.69, 9.17) is 0 Å². The number of benzene rings is 2. The van der Waals surface area contributed by atoms with E-state index in [1.807, 2.05) is 30.3 Å². The van der Waals surface area contributed by atoms with Gasteiger partial charge in [0.1, 0.15) is 0 Å². The molecule has 0 aliphatic carbocycles. The second-order valence-electron chi connectivity index (χ2n) is 5.84. The van der Waals surface area contributed by atoms with Gasteiger partial charge in [0.05, 0.1) is 4.90 Å². The summed E-state index contributed by atoms with van der Waals surface area (Å²) >= 11 is 0. The van der Waals surface area contributed by atoms with E-state index in [-0.39, 0.29) is 16.6 Å². The summed E-state index contributed by atoms with van der Waals surface area (Å²) in [4.78, 5) is 11.7. The summed E-state index contributed by atoms with van der Waals surface area (Å²) in [6, 6.07) is 16.3. The minimum absolute atomic E-state index is 0.134. The summed E-state index contributed by atoms with van der Waals surface area (Å²) in [5, 5.41) is 0. The van der Waals surface area contributed by atoms with Crippen molar-refractivity contribution >= 4 is 15.8 Å². The van der Waals surface area contributed by atoms with Crippen LogP contribution >= 0.6 is 0 Å². The molecule has 5 heteroatoms. The molecule has 2 aromatic carbocycles. The highest BCUT2D eigenvalue weighted by Crippen LogP contribution is 2.31. The van der Waals surface area contributed by atoms with Crippen LogP contribution in [0.1, 0.15) is 35.2 Å². The van der Waals surface area contributed by atoms with E-state index in [0.717, 1.165) is 6.42 Å². The topological polar surface area (TPSA) is 54.5 Å². The Balaban J connectivity index is 1.84. The highest BCUT2D eigenvalue weighted by Gasteiger charge is 2.33. The van der Waals surface area contributed by atoms with Crippen LogP contribution in [0.2, 0.25) is 0 Å². The maximum Gasteiger partial charge on any atom is 0.243 e. The molecule has 120 valence electrons. The molecule has 0 saturated carbocycles. The van der Waals surface area contributed by atoms with Crippen LogP contribution in [0.5, 0.6) is 0 Å². The Morgan fingerprint density at radius 2 is 1.83 bits per heavy atom. The third-order valence-corrected chi connectivity index (χ3v) is 6.16. The van der Waals surface area contributed by atoms with E-state index in [0.29, 0.717) is 18.7 Å². The standard InChI is InChI=1S/C18H19NO3S/c1-14(20)16-8-5-9-18(12-16)23(21,22)19-11-10-17(13-19)15-6-3-2-4-7-15/h2-9,12,17H,10-11,13H2,1H3. The molecule has 0 N–H and O–H groups in total. The Labute approximate surface area is 136 Å². The predicted molar refractivity (Wildman–Crippen MR) is 89.0 cm³/mol. The number of hydrogen-bond acceptors (Lipinski definition) is 3. The van der Waals surface area contributed by atoms with Gasteiger partial charge in [-0.3, -0.25) is 4.79 Å². The van der Waals surface area contributed by atoms with E-state index in [9.17, 15) is 13.2 Å². The van der Waals surface area contributed by atoms with Gasteiger partial charge in [-0.15, -0.1) is 0 Å². The molecule has 0 spiro atoms. The van der Waals surface area contributed by atoms with Gasteiger partial charge in [0.15, 0.2) is 5.78 Å². The van der Waals surface area contributed by atoms with Gasteiger partial charge in [-0.1, -0.05) is 42.5 Å². The number of ketones is 1. The third-order valence-electron chi connectivity index (χ3n) is 4.30. The minimum Gasteiger partial charge on any atom is -0.295 e. The smallest absolute Gasteiger partial charge is 0.243 e. The van der Waals surface area contributed by atoms with Gasteiger partial charge in [0.25, 0.3) is 0 Å². The number of nitrogens with zero attached hydrogens (tertiary/aromatic N) is 1. The van der Waals surface area contributed by atoms with Gasteiger partial charge >= 0.3 is 0 Å². The molecule has 1 saturated heterocycles. The average Bonchev–Trinajstić information content (AvgIpc) is 3.06. The maximum atomic E-state index is 12.8. The fourth-order valence-electron chi connectivity index (χ4n) is 2.97. The first-order valence-electron chi connectivity index (χ1n) is 7.64. The van der Waals surface area contributed by atoms with Gasteiger partial charge in [0.2, 0.25) is 10.0 Å². The van der Waals surface area contributed by atoms with E-state index in [1.54, 1.807) is 18.2 Å². The van der Waals surface area contributed by atoms with Crippen LogP contribution in [0.3, 0.4) is 0 Å². The molecule has 0 aromatic heterocycles.